The van der Waals surface area contributed by atoms with Crippen LogP contribution in [0.25, 0.3) is 0 Å². The first-order chi connectivity index (χ1) is 17.2. The number of aliphatic hydroxyl groups is 2. The van der Waals surface area contributed by atoms with Crippen molar-refractivity contribution in [3.8, 4) is 0 Å². The van der Waals surface area contributed by atoms with E-state index in [0.29, 0.717) is 12.8 Å². The van der Waals surface area contributed by atoms with Crippen LogP contribution in [0.4, 0.5) is 0 Å². The van der Waals surface area contributed by atoms with Crippen LogP contribution in [-0.4, -0.2) is 34.9 Å². The van der Waals surface area contributed by atoms with Gasteiger partial charge in [0.2, 0.25) is 5.91 Å². The highest BCUT2D eigenvalue weighted by molar-refractivity contribution is 5.76. The summed E-state index contributed by atoms with van der Waals surface area (Å²) in [5.41, 5.74) is 0. The zero-order chi connectivity index (χ0) is 25.8. The van der Waals surface area contributed by atoms with Crippen molar-refractivity contribution in [3.05, 3.63) is 0 Å². The Kier molecular flexibility index (Phi) is 27.5. The lowest BCUT2D eigenvalue weighted by Crippen LogP contribution is -2.45. The van der Waals surface area contributed by atoms with Gasteiger partial charge in [-0.05, 0) is 12.8 Å². The van der Waals surface area contributed by atoms with Crippen LogP contribution in [0.2, 0.25) is 0 Å². The van der Waals surface area contributed by atoms with Crippen LogP contribution in [0.1, 0.15) is 174 Å². The monoisotopic (exact) mass is 497 g/mol. The molecule has 0 saturated heterocycles. The van der Waals surface area contributed by atoms with Gasteiger partial charge in [-0.1, -0.05) is 155 Å². The summed E-state index contributed by atoms with van der Waals surface area (Å²) in [5.74, 6) is -0.0352. The lowest BCUT2D eigenvalue weighted by Gasteiger charge is -2.22. The zero-order valence-corrected chi connectivity index (χ0v) is 23.8. The van der Waals surface area contributed by atoms with Crippen molar-refractivity contribution < 1.29 is 15.0 Å². The number of hydrogen-bond acceptors (Lipinski definition) is 3. The van der Waals surface area contributed by atoms with Gasteiger partial charge in [0.25, 0.3) is 0 Å². The Balaban J connectivity index is 3.47. The van der Waals surface area contributed by atoms with Crippen molar-refractivity contribution in [2.45, 2.75) is 187 Å². The summed E-state index contributed by atoms with van der Waals surface area (Å²) in [6.45, 7) is 4.29. The van der Waals surface area contributed by atoms with E-state index in [9.17, 15) is 15.0 Å². The fourth-order valence-corrected chi connectivity index (χ4v) is 4.89. The molecule has 0 heterocycles. The van der Waals surface area contributed by atoms with E-state index in [1.807, 2.05) is 0 Å². The lowest BCUT2D eigenvalue weighted by molar-refractivity contribution is -0.123. The van der Waals surface area contributed by atoms with Crippen molar-refractivity contribution in [1.82, 2.24) is 5.32 Å². The highest BCUT2D eigenvalue weighted by Crippen LogP contribution is 2.15. The maximum atomic E-state index is 12.2. The topological polar surface area (TPSA) is 69.6 Å². The Morgan fingerprint density at radius 2 is 0.914 bits per heavy atom. The normalized spacial score (nSPS) is 13.1. The van der Waals surface area contributed by atoms with Crippen LogP contribution >= 0.6 is 0 Å². The van der Waals surface area contributed by atoms with E-state index in [1.165, 1.54) is 122 Å². The molecule has 0 aromatic rings. The van der Waals surface area contributed by atoms with Gasteiger partial charge in [0, 0.05) is 6.42 Å². The molecule has 0 aliphatic carbocycles. The summed E-state index contributed by atoms with van der Waals surface area (Å²) in [5, 5.41) is 22.7. The lowest BCUT2D eigenvalue weighted by atomic mass is 10.0. The molecule has 0 spiro atoms. The Labute approximate surface area is 219 Å². The molecule has 0 rings (SSSR count). The minimum atomic E-state index is -0.648. The molecular weight excluding hydrogens is 434 g/mol. The van der Waals surface area contributed by atoms with E-state index in [1.54, 1.807) is 0 Å². The molecule has 4 heteroatoms. The van der Waals surface area contributed by atoms with Crippen molar-refractivity contribution in [2.75, 3.05) is 6.61 Å². The molecule has 35 heavy (non-hydrogen) atoms. The highest BCUT2D eigenvalue weighted by Gasteiger charge is 2.19. The van der Waals surface area contributed by atoms with Crippen LogP contribution in [0.5, 0.6) is 0 Å². The molecule has 0 bridgehead atoms. The fraction of sp³-hybridized carbons (Fsp3) is 0.968. The molecule has 0 aliphatic rings. The molecule has 210 valence electrons. The zero-order valence-electron chi connectivity index (χ0n) is 23.8. The van der Waals surface area contributed by atoms with E-state index in [-0.39, 0.29) is 12.5 Å². The van der Waals surface area contributed by atoms with E-state index in [2.05, 4.69) is 19.2 Å². The van der Waals surface area contributed by atoms with Crippen LogP contribution in [0, 0.1) is 0 Å². The molecule has 3 N–H and O–H groups in total. The molecular formula is C31H63NO3. The third-order valence-corrected chi connectivity index (χ3v) is 7.37. The number of hydrogen-bond donors (Lipinski definition) is 3. The van der Waals surface area contributed by atoms with Gasteiger partial charge in [-0.15, -0.1) is 0 Å². The quantitative estimate of drug-likeness (QED) is 0.0947. The number of aliphatic hydroxyl groups excluding tert-OH is 2. The predicted octanol–water partition coefficient (Wildman–Crippen LogP) is 8.62. The van der Waals surface area contributed by atoms with E-state index >= 15 is 0 Å². The summed E-state index contributed by atoms with van der Waals surface area (Å²) in [6.07, 6.45) is 30.2. The van der Waals surface area contributed by atoms with Crippen molar-refractivity contribution in [2.24, 2.45) is 0 Å². The van der Waals surface area contributed by atoms with Gasteiger partial charge in [0.05, 0.1) is 18.8 Å². The molecule has 0 fully saturated rings. The first kappa shape index (κ1) is 34.4. The van der Waals surface area contributed by atoms with Gasteiger partial charge < -0.3 is 15.5 Å². The summed E-state index contributed by atoms with van der Waals surface area (Å²) >= 11 is 0. The molecule has 0 radical (unpaired) electrons. The Bertz CT molecular complexity index is 429. The van der Waals surface area contributed by atoms with Gasteiger partial charge in [-0.2, -0.15) is 0 Å². The number of rotatable bonds is 28. The highest BCUT2D eigenvalue weighted by atomic mass is 16.3. The van der Waals surface area contributed by atoms with Gasteiger partial charge in [0.1, 0.15) is 0 Å². The smallest absolute Gasteiger partial charge is 0.220 e. The van der Waals surface area contributed by atoms with Gasteiger partial charge in [-0.3, -0.25) is 4.79 Å². The van der Waals surface area contributed by atoms with Gasteiger partial charge in [-0.25, -0.2) is 0 Å². The largest absolute Gasteiger partial charge is 0.394 e. The predicted molar refractivity (Wildman–Crippen MR) is 152 cm³/mol. The van der Waals surface area contributed by atoms with Crippen molar-refractivity contribution >= 4 is 5.91 Å². The maximum Gasteiger partial charge on any atom is 0.220 e. The molecule has 2 unspecified atom stereocenters. The molecule has 4 nitrogen and oxygen atoms in total. The second-order valence-corrected chi connectivity index (χ2v) is 10.9. The summed E-state index contributed by atoms with van der Waals surface area (Å²) in [7, 11) is 0. The van der Waals surface area contributed by atoms with Crippen molar-refractivity contribution in [1.29, 1.82) is 0 Å². The third-order valence-electron chi connectivity index (χ3n) is 7.37. The van der Waals surface area contributed by atoms with E-state index in [0.717, 1.165) is 25.7 Å². The number of carbonyl (C=O) groups excluding carboxylic acids is 1. The Morgan fingerprint density at radius 3 is 1.29 bits per heavy atom. The fourth-order valence-electron chi connectivity index (χ4n) is 4.89. The van der Waals surface area contributed by atoms with Gasteiger partial charge >= 0.3 is 0 Å². The molecule has 1 amide bonds. The SMILES string of the molecule is CCCCCCCCCCCCCCCCCCCC(=O)NC(CO)C(O)CCCCCCCC. The summed E-state index contributed by atoms with van der Waals surface area (Å²) in [4.78, 5) is 12.2. The van der Waals surface area contributed by atoms with Gasteiger partial charge in [0.15, 0.2) is 0 Å². The molecule has 0 aromatic carbocycles. The number of unbranched alkanes of at least 4 members (excludes halogenated alkanes) is 21. The molecule has 0 aliphatic heterocycles. The van der Waals surface area contributed by atoms with E-state index in [4.69, 9.17) is 0 Å². The Morgan fingerprint density at radius 1 is 0.571 bits per heavy atom. The maximum absolute atomic E-state index is 12.2. The first-order valence-corrected chi connectivity index (χ1v) is 15.7. The number of carbonyl (C=O) groups is 1. The molecule has 0 saturated carbocycles. The minimum Gasteiger partial charge on any atom is -0.394 e. The van der Waals surface area contributed by atoms with Crippen molar-refractivity contribution in [3.63, 3.8) is 0 Å². The van der Waals surface area contributed by atoms with Crippen LogP contribution in [0.15, 0.2) is 0 Å². The average Bonchev–Trinajstić information content (AvgIpc) is 2.86. The number of amides is 1. The third kappa shape index (κ3) is 24.8. The first-order valence-electron chi connectivity index (χ1n) is 15.7. The summed E-state index contributed by atoms with van der Waals surface area (Å²) in [6, 6.07) is -0.524. The second-order valence-electron chi connectivity index (χ2n) is 10.9. The summed E-state index contributed by atoms with van der Waals surface area (Å²) < 4.78 is 0. The van der Waals surface area contributed by atoms with Crippen LogP contribution < -0.4 is 5.32 Å². The average molecular weight is 498 g/mol. The van der Waals surface area contributed by atoms with E-state index < -0.39 is 12.1 Å². The number of nitrogens with one attached hydrogen (secondary N) is 1. The minimum absolute atomic E-state index is 0.0352. The Hall–Kier alpha value is -0.610. The molecule has 2 atom stereocenters. The van der Waals surface area contributed by atoms with Crippen LogP contribution in [-0.2, 0) is 4.79 Å². The molecule has 0 aromatic heterocycles. The standard InChI is InChI=1S/C31H63NO3/c1-3-5-7-9-11-12-13-14-15-16-17-18-19-20-21-23-25-27-31(35)32-29(28-33)30(34)26-24-22-10-8-6-4-2/h29-30,33-34H,3-28H2,1-2H3,(H,32,35). The second kappa shape index (κ2) is 28.0. The van der Waals surface area contributed by atoms with Crippen LogP contribution in [0.3, 0.4) is 0 Å².